The van der Waals surface area contributed by atoms with Crippen molar-refractivity contribution < 1.29 is 31.1 Å². The molecule has 1 saturated carbocycles. The number of nitrogens with zero attached hydrogens (tertiary/aromatic N) is 5. The normalized spacial score (nSPS) is 24.8. The van der Waals surface area contributed by atoms with Crippen molar-refractivity contribution in [3.05, 3.63) is 17.8 Å². The SMILES string of the molecule is CC(Oc1ccc(C(F)(F)F)n2nc(NC3[C@@H]4CC[C@H]3CN(C#N)C4)nc12)C(F)(F)F. The molecule has 2 aromatic rings. The molecule has 1 aliphatic carbocycles. The molecule has 3 heterocycles. The number of pyridine rings is 1. The number of nitrogens with one attached hydrogen (secondary N) is 1. The van der Waals surface area contributed by atoms with Crippen LogP contribution in [-0.4, -0.2) is 50.9 Å². The topological polar surface area (TPSA) is 78.5 Å². The first kappa shape index (κ1) is 21.3. The standard InChI is InChI=1S/C18H18F6N6O/c1-9(17(19,20)21)31-12-4-5-13(18(22,23)24)30-15(12)27-16(28-30)26-14-10-2-3-11(14)7-29(6-10)8-25/h4-5,9-11,14H,2-3,6-7H2,1H3,(H,26,28)/t9?,10-,11+,14?. The largest absolute Gasteiger partial charge is 0.477 e. The molecule has 2 aliphatic rings. The molecule has 0 aromatic carbocycles. The molecule has 1 aliphatic heterocycles. The second-order valence-electron chi connectivity index (χ2n) is 7.83. The lowest BCUT2D eigenvalue weighted by Crippen LogP contribution is -2.46. The van der Waals surface area contributed by atoms with Crippen molar-refractivity contribution in [2.45, 2.75) is 44.3 Å². The summed E-state index contributed by atoms with van der Waals surface area (Å²) in [6.07, 6.45) is -7.94. The molecule has 13 heteroatoms. The number of rotatable bonds is 4. The molecule has 4 rings (SSSR count). The first-order valence-electron chi connectivity index (χ1n) is 9.59. The maximum absolute atomic E-state index is 13.4. The summed E-state index contributed by atoms with van der Waals surface area (Å²) in [6, 6.07) is 1.28. The maximum Gasteiger partial charge on any atom is 0.433 e. The van der Waals surface area contributed by atoms with Gasteiger partial charge in [0.2, 0.25) is 5.95 Å². The average molecular weight is 448 g/mol. The molecule has 31 heavy (non-hydrogen) atoms. The van der Waals surface area contributed by atoms with E-state index < -0.39 is 35.5 Å². The van der Waals surface area contributed by atoms with Gasteiger partial charge in [0, 0.05) is 19.1 Å². The number of nitriles is 1. The first-order chi connectivity index (χ1) is 14.5. The highest BCUT2D eigenvalue weighted by molar-refractivity contribution is 5.57. The predicted octanol–water partition coefficient (Wildman–Crippen LogP) is 3.68. The van der Waals surface area contributed by atoms with E-state index in [4.69, 9.17) is 10.00 Å². The van der Waals surface area contributed by atoms with Gasteiger partial charge in [-0.15, -0.1) is 5.10 Å². The molecule has 0 spiro atoms. The minimum atomic E-state index is -4.80. The molecule has 4 atom stereocenters. The first-order valence-corrected chi connectivity index (χ1v) is 9.59. The Morgan fingerprint density at radius 2 is 1.81 bits per heavy atom. The van der Waals surface area contributed by atoms with Gasteiger partial charge in [-0.3, -0.25) is 0 Å². The molecule has 2 fully saturated rings. The van der Waals surface area contributed by atoms with Gasteiger partial charge in [-0.1, -0.05) is 0 Å². The van der Waals surface area contributed by atoms with Gasteiger partial charge in [-0.05, 0) is 43.7 Å². The number of hydrogen-bond donors (Lipinski definition) is 1. The third-order valence-corrected chi connectivity index (χ3v) is 5.77. The van der Waals surface area contributed by atoms with E-state index in [1.807, 2.05) is 0 Å². The summed E-state index contributed by atoms with van der Waals surface area (Å²) in [7, 11) is 0. The molecule has 2 aromatic heterocycles. The van der Waals surface area contributed by atoms with Crippen molar-refractivity contribution in [2.75, 3.05) is 18.4 Å². The lowest BCUT2D eigenvalue weighted by atomic mass is 9.92. The monoisotopic (exact) mass is 448 g/mol. The fourth-order valence-electron chi connectivity index (χ4n) is 4.25. The highest BCUT2D eigenvalue weighted by atomic mass is 19.4. The fraction of sp³-hybridized carbons (Fsp3) is 0.611. The second kappa shape index (κ2) is 7.35. The summed E-state index contributed by atoms with van der Waals surface area (Å²) in [5.41, 5.74) is -1.65. The molecule has 2 bridgehead atoms. The van der Waals surface area contributed by atoms with Crippen LogP contribution in [0.2, 0.25) is 0 Å². The number of aromatic nitrogens is 3. The third-order valence-electron chi connectivity index (χ3n) is 5.77. The smallest absolute Gasteiger partial charge is 0.433 e. The molecule has 0 radical (unpaired) electrons. The fourth-order valence-corrected chi connectivity index (χ4v) is 4.25. The number of alkyl halides is 6. The van der Waals surface area contributed by atoms with E-state index >= 15 is 0 Å². The van der Waals surface area contributed by atoms with E-state index in [0.29, 0.717) is 23.7 Å². The van der Waals surface area contributed by atoms with E-state index in [1.165, 1.54) is 0 Å². The van der Waals surface area contributed by atoms with Gasteiger partial charge < -0.3 is 15.0 Å². The lowest BCUT2D eigenvalue weighted by molar-refractivity contribution is -0.189. The molecular weight excluding hydrogens is 430 g/mol. The van der Waals surface area contributed by atoms with Gasteiger partial charge in [0.25, 0.3) is 0 Å². The minimum absolute atomic E-state index is 0.0908. The highest BCUT2D eigenvalue weighted by Gasteiger charge is 2.43. The zero-order chi connectivity index (χ0) is 22.6. The Bertz CT molecular complexity index is 998. The Balaban J connectivity index is 1.68. The van der Waals surface area contributed by atoms with Crippen LogP contribution in [0.4, 0.5) is 32.3 Å². The lowest BCUT2D eigenvalue weighted by Gasteiger charge is -2.35. The molecule has 168 valence electrons. The number of likely N-dealkylation sites (tertiary alicyclic amines) is 1. The summed E-state index contributed by atoms with van der Waals surface area (Å²) >= 11 is 0. The van der Waals surface area contributed by atoms with Crippen molar-refractivity contribution in [3.63, 3.8) is 0 Å². The van der Waals surface area contributed by atoms with Gasteiger partial charge in [0.15, 0.2) is 23.7 Å². The number of fused-ring (bicyclic) bond motifs is 3. The predicted molar refractivity (Wildman–Crippen MR) is 94.9 cm³/mol. The Labute approximate surface area is 172 Å². The van der Waals surface area contributed by atoms with E-state index in [0.717, 1.165) is 25.8 Å². The molecule has 1 N–H and O–H groups in total. The third kappa shape index (κ3) is 4.03. The van der Waals surface area contributed by atoms with Crippen LogP contribution in [-0.2, 0) is 6.18 Å². The highest BCUT2D eigenvalue weighted by Crippen LogP contribution is 2.39. The van der Waals surface area contributed by atoms with E-state index in [2.05, 4.69) is 21.6 Å². The maximum atomic E-state index is 13.4. The number of piperidine rings is 1. The van der Waals surface area contributed by atoms with Crippen molar-refractivity contribution >= 4 is 11.6 Å². The van der Waals surface area contributed by atoms with Crippen LogP contribution in [0, 0.1) is 23.3 Å². The zero-order valence-electron chi connectivity index (χ0n) is 16.2. The second-order valence-corrected chi connectivity index (χ2v) is 7.83. The van der Waals surface area contributed by atoms with Crippen LogP contribution in [0.15, 0.2) is 12.1 Å². The molecular formula is C18H18F6N6O. The number of anilines is 1. The number of ether oxygens (including phenoxy) is 1. The molecule has 7 nitrogen and oxygen atoms in total. The molecule has 0 amide bonds. The summed E-state index contributed by atoms with van der Waals surface area (Å²) in [6.45, 7) is 1.79. The van der Waals surface area contributed by atoms with Crippen molar-refractivity contribution in [3.8, 4) is 11.9 Å². The van der Waals surface area contributed by atoms with Crippen molar-refractivity contribution in [1.82, 2.24) is 19.5 Å². The van der Waals surface area contributed by atoms with Crippen molar-refractivity contribution in [1.29, 1.82) is 5.26 Å². The van der Waals surface area contributed by atoms with Crippen LogP contribution in [0.1, 0.15) is 25.5 Å². The van der Waals surface area contributed by atoms with Gasteiger partial charge in [0.1, 0.15) is 5.69 Å². The molecule has 1 saturated heterocycles. The average Bonchev–Trinajstić information content (AvgIpc) is 3.17. The summed E-state index contributed by atoms with van der Waals surface area (Å²) in [4.78, 5) is 5.66. The van der Waals surface area contributed by atoms with Crippen LogP contribution >= 0.6 is 0 Å². The van der Waals surface area contributed by atoms with Crippen molar-refractivity contribution in [2.24, 2.45) is 11.8 Å². The summed E-state index contributed by atoms with van der Waals surface area (Å²) < 4.78 is 84.2. The van der Waals surface area contributed by atoms with Gasteiger partial charge in [-0.2, -0.15) is 36.6 Å². The van der Waals surface area contributed by atoms with Crippen LogP contribution < -0.4 is 10.1 Å². The minimum Gasteiger partial charge on any atom is -0.477 e. The van der Waals surface area contributed by atoms with E-state index in [9.17, 15) is 26.3 Å². The Kier molecular flexibility index (Phi) is 5.06. The Hall–Kier alpha value is -2.91. The summed E-state index contributed by atoms with van der Waals surface area (Å²) in [5.74, 6) is -0.407. The van der Waals surface area contributed by atoms with E-state index in [-0.39, 0.29) is 23.8 Å². The van der Waals surface area contributed by atoms with E-state index in [1.54, 1.807) is 4.90 Å². The summed E-state index contributed by atoms with van der Waals surface area (Å²) in [5, 5.41) is 16.0. The molecule has 2 unspecified atom stereocenters. The Morgan fingerprint density at radius 3 is 2.35 bits per heavy atom. The van der Waals surface area contributed by atoms with Crippen LogP contribution in [0.25, 0.3) is 5.65 Å². The zero-order valence-corrected chi connectivity index (χ0v) is 16.2. The van der Waals surface area contributed by atoms with Crippen LogP contribution in [0.3, 0.4) is 0 Å². The number of halogens is 6. The number of hydrogen-bond acceptors (Lipinski definition) is 6. The van der Waals surface area contributed by atoms with Gasteiger partial charge >= 0.3 is 12.4 Å². The Morgan fingerprint density at radius 1 is 1.16 bits per heavy atom. The van der Waals surface area contributed by atoms with Gasteiger partial charge in [-0.25, -0.2) is 4.52 Å². The van der Waals surface area contributed by atoms with Gasteiger partial charge in [0.05, 0.1) is 0 Å². The quantitative estimate of drug-likeness (QED) is 0.568. The van der Waals surface area contributed by atoms with Crippen LogP contribution in [0.5, 0.6) is 5.75 Å².